The van der Waals surface area contributed by atoms with Gasteiger partial charge in [0, 0.05) is 25.2 Å². The Hall–Kier alpha value is -0.0800. The molecule has 1 N–H and O–H groups in total. The van der Waals surface area contributed by atoms with E-state index in [2.05, 4.69) is 24.2 Å². The fraction of sp³-hybridized carbons (Fsp3) is 1.00. The van der Waals surface area contributed by atoms with Crippen LogP contribution in [0.4, 0.5) is 0 Å². The largest absolute Gasteiger partial charge is 0.312 e. The molecule has 3 rings (SSSR count). The minimum atomic E-state index is 0.768. The first-order valence-electron chi connectivity index (χ1n) is 8.70. The van der Waals surface area contributed by atoms with Gasteiger partial charge in [-0.3, -0.25) is 0 Å². The van der Waals surface area contributed by atoms with Crippen LogP contribution >= 0.6 is 0 Å². The van der Waals surface area contributed by atoms with Crippen LogP contribution in [0.2, 0.25) is 0 Å². The van der Waals surface area contributed by atoms with Gasteiger partial charge in [0.1, 0.15) is 0 Å². The normalized spacial score (nSPS) is 35.2. The Morgan fingerprint density at radius 3 is 2.58 bits per heavy atom. The molecule has 2 nitrogen and oxygen atoms in total. The second-order valence-electron chi connectivity index (χ2n) is 7.50. The molecule has 0 aliphatic heterocycles. The monoisotopic (exact) mass is 264 g/mol. The molecule has 4 unspecified atom stereocenters. The molecule has 0 aromatic carbocycles. The van der Waals surface area contributed by atoms with Crippen molar-refractivity contribution in [2.75, 3.05) is 20.1 Å². The van der Waals surface area contributed by atoms with Crippen molar-refractivity contribution in [3.05, 3.63) is 0 Å². The van der Waals surface area contributed by atoms with Crippen LogP contribution in [0.3, 0.4) is 0 Å². The van der Waals surface area contributed by atoms with Crippen molar-refractivity contribution in [1.82, 2.24) is 10.2 Å². The topological polar surface area (TPSA) is 15.3 Å². The first kappa shape index (κ1) is 13.9. The summed E-state index contributed by atoms with van der Waals surface area (Å²) < 4.78 is 0. The van der Waals surface area contributed by atoms with Crippen molar-refractivity contribution in [2.24, 2.45) is 17.8 Å². The van der Waals surface area contributed by atoms with Gasteiger partial charge in [-0.15, -0.1) is 0 Å². The molecule has 2 heteroatoms. The SMILES string of the molecule is CCCC(CNC1CC1)N(C)CC1CC2CCC1C2. The molecule has 19 heavy (non-hydrogen) atoms. The van der Waals surface area contributed by atoms with Crippen LogP contribution in [-0.2, 0) is 0 Å². The molecule has 0 aromatic rings. The summed E-state index contributed by atoms with van der Waals surface area (Å²) in [5.74, 6) is 3.19. The van der Waals surface area contributed by atoms with E-state index in [1.807, 2.05) is 0 Å². The van der Waals surface area contributed by atoms with Crippen LogP contribution in [-0.4, -0.2) is 37.1 Å². The lowest BCUT2D eigenvalue weighted by Gasteiger charge is -2.33. The molecule has 4 atom stereocenters. The van der Waals surface area contributed by atoms with E-state index in [1.54, 1.807) is 6.42 Å². The van der Waals surface area contributed by atoms with Gasteiger partial charge in [-0.05, 0) is 63.3 Å². The summed E-state index contributed by atoms with van der Waals surface area (Å²) in [5, 5.41) is 3.74. The highest BCUT2D eigenvalue weighted by molar-refractivity contribution is 4.92. The molecule has 0 radical (unpaired) electrons. The Labute approximate surface area is 119 Å². The molecule has 3 saturated carbocycles. The third-order valence-electron chi connectivity index (χ3n) is 5.87. The first-order valence-corrected chi connectivity index (χ1v) is 8.70. The van der Waals surface area contributed by atoms with Gasteiger partial charge in [0.05, 0.1) is 0 Å². The standard InChI is InChI=1S/C17H32N2/c1-3-4-17(11-18-16-7-8-16)19(2)12-15-10-13-5-6-14(15)9-13/h13-18H,3-12H2,1-2H3. The van der Waals surface area contributed by atoms with Gasteiger partial charge in [0.25, 0.3) is 0 Å². The number of nitrogens with one attached hydrogen (secondary N) is 1. The average Bonchev–Trinajstić information content (AvgIpc) is 3.00. The summed E-state index contributed by atoms with van der Waals surface area (Å²) in [5.41, 5.74) is 0. The lowest BCUT2D eigenvalue weighted by Crippen LogP contribution is -2.43. The highest BCUT2D eigenvalue weighted by Crippen LogP contribution is 2.48. The summed E-state index contributed by atoms with van der Waals surface area (Å²) in [6.07, 6.45) is 11.6. The molecule has 0 spiro atoms. The van der Waals surface area contributed by atoms with Gasteiger partial charge < -0.3 is 10.2 Å². The van der Waals surface area contributed by atoms with E-state index in [1.165, 1.54) is 58.0 Å². The number of hydrogen-bond acceptors (Lipinski definition) is 2. The zero-order chi connectivity index (χ0) is 13.2. The Bertz CT molecular complexity index is 287. The molecular weight excluding hydrogens is 232 g/mol. The lowest BCUT2D eigenvalue weighted by molar-refractivity contribution is 0.162. The van der Waals surface area contributed by atoms with Crippen molar-refractivity contribution in [1.29, 1.82) is 0 Å². The number of fused-ring (bicyclic) bond motifs is 2. The highest BCUT2D eigenvalue weighted by atomic mass is 15.2. The van der Waals surface area contributed by atoms with Gasteiger partial charge in [-0.25, -0.2) is 0 Å². The number of rotatable bonds is 8. The number of likely N-dealkylation sites (N-methyl/N-ethyl adjacent to an activating group) is 1. The van der Waals surface area contributed by atoms with Gasteiger partial charge >= 0.3 is 0 Å². The predicted octanol–water partition coefficient (Wildman–Crippen LogP) is 3.28. The van der Waals surface area contributed by atoms with Crippen molar-refractivity contribution in [3.63, 3.8) is 0 Å². The van der Waals surface area contributed by atoms with Crippen LogP contribution in [0.1, 0.15) is 58.3 Å². The molecule has 0 amide bonds. The molecule has 3 aliphatic carbocycles. The smallest absolute Gasteiger partial charge is 0.0217 e. The van der Waals surface area contributed by atoms with E-state index in [9.17, 15) is 0 Å². The van der Waals surface area contributed by atoms with Crippen LogP contribution < -0.4 is 5.32 Å². The fourth-order valence-corrected chi connectivity index (χ4v) is 4.52. The van der Waals surface area contributed by atoms with Crippen molar-refractivity contribution in [2.45, 2.75) is 70.4 Å². The molecule has 0 aromatic heterocycles. The quantitative estimate of drug-likeness (QED) is 0.724. The Balaban J connectivity index is 1.46. The lowest BCUT2D eigenvalue weighted by atomic mass is 9.88. The molecule has 110 valence electrons. The molecule has 0 heterocycles. The highest BCUT2D eigenvalue weighted by Gasteiger charge is 2.40. The van der Waals surface area contributed by atoms with Crippen LogP contribution in [0.15, 0.2) is 0 Å². The summed E-state index contributed by atoms with van der Waals surface area (Å²) in [7, 11) is 2.38. The van der Waals surface area contributed by atoms with E-state index in [0.29, 0.717) is 0 Å². The van der Waals surface area contributed by atoms with Crippen LogP contribution in [0.25, 0.3) is 0 Å². The van der Waals surface area contributed by atoms with Crippen molar-refractivity contribution in [3.8, 4) is 0 Å². The third kappa shape index (κ3) is 3.52. The first-order chi connectivity index (χ1) is 9.26. The Kier molecular flexibility index (Phi) is 4.48. The maximum Gasteiger partial charge on any atom is 0.0217 e. The summed E-state index contributed by atoms with van der Waals surface area (Å²) >= 11 is 0. The number of nitrogens with zero attached hydrogens (tertiary/aromatic N) is 1. The second kappa shape index (κ2) is 6.13. The van der Waals surface area contributed by atoms with Gasteiger partial charge in [0.15, 0.2) is 0 Å². The van der Waals surface area contributed by atoms with Crippen LogP contribution in [0.5, 0.6) is 0 Å². The second-order valence-corrected chi connectivity index (χ2v) is 7.50. The molecule has 3 aliphatic rings. The fourth-order valence-electron chi connectivity index (χ4n) is 4.52. The van der Waals surface area contributed by atoms with Crippen LogP contribution in [0, 0.1) is 17.8 Å². The maximum absolute atomic E-state index is 3.74. The van der Waals surface area contributed by atoms with Crippen molar-refractivity contribution < 1.29 is 0 Å². The van der Waals surface area contributed by atoms with Gasteiger partial charge in [0.2, 0.25) is 0 Å². The van der Waals surface area contributed by atoms with E-state index in [-0.39, 0.29) is 0 Å². The minimum Gasteiger partial charge on any atom is -0.312 e. The Morgan fingerprint density at radius 1 is 1.16 bits per heavy atom. The molecule has 2 bridgehead atoms. The predicted molar refractivity (Wildman–Crippen MR) is 81.3 cm³/mol. The van der Waals surface area contributed by atoms with Crippen molar-refractivity contribution >= 4 is 0 Å². The van der Waals surface area contributed by atoms with E-state index in [0.717, 1.165) is 29.8 Å². The average molecular weight is 264 g/mol. The summed E-state index contributed by atoms with van der Waals surface area (Å²) in [6.45, 7) is 4.91. The zero-order valence-electron chi connectivity index (χ0n) is 12.9. The molecular formula is C17H32N2. The van der Waals surface area contributed by atoms with Gasteiger partial charge in [-0.2, -0.15) is 0 Å². The maximum atomic E-state index is 3.74. The van der Waals surface area contributed by atoms with E-state index < -0.39 is 0 Å². The zero-order valence-corrected chi connectivity index (χ0v) is 12.9. The van der Waals surface area contributed by atoms with E-state index >= 15 is 0 Å². The third-order valence-corrected chi connectivity index (χ3v) is 5.87. The summed E-state index contributed by atoms with van der Waals surface area (Å²) in [4.78, 5) is 2.68. The minimum absolute atomic E-state index is 0.768. The molecule has 0 saturated heterocycles. The van der Waals surface area contributed by atoms with Gasteiger partial charge in [-0.1, -0.05) is 19.8 Å². The molecule has 3 fully saturated rings. The summed E-state index contributed by atoms with van der Waals surface area (Å²) in [6, 6.07) is 1.62. The van der Waals surface area contributed by atoms with E-state index in [4.69, 9.17) is 0 Å². The number of hydrogen-bond donors (Lipinski definition) is 1. The Morgan fingerprint density at radius 2 is 2.00 bits per heavy atom.